The monoisotopic (exact) mass is 366 g/mol. The molecule has 0 fully saturated rings. The minimum absolute atomic E-state index is 0.0989. The highest BCUT2D eigenvalue weighted by Crippen LogP contribution is 2.12. The van der Waals surface area contributed by atoms with Crippen LogP contribution in [0.15, 0.2) is 12.1 Å². The second kappa shape index (κ2) is 8.58. The van der Waals surface area contributed by atoms with E-state index in [1.807, 2.05) is 0 Å². The van der Waals surface area contributed by atoms with E-state index in [0.717, 1.165) is 6.04 Å². The molecule has 6 nitrogen and oxygen atoms in total. The molecule has 0 aliphatic rings. The second-order valence-corrected chi connectivity index (χ2v) is 13.8. The third kappa shape index (κ3) is 8.78. The summed E-state index contributed by atoms with van der Waals surface area (Å²) in [7, 11) is -1.15. The SMILES string of the molecule is CC(=O)c1cc(/C=C/C(=O)OC(C)(C)C)nn1COCC[Si](C)(C)C. The summed E-state index contributed by atoms with van der Waals surface area (Å²) >= 11 is 0. The Morgan fingerprint density at radius 1 is 1.28 bits per heavy atom. The first-order chi connectivity index (χ1) is 11.4. The molecular formula is C18H30N2O4Si. The predicted molar refractivity (Wildman–Crippen MR) is 101 cm³/mol. The second-order valence-electron chi connectivity index (χ2n) is 8.22. The van der Waals surface area contributed by atoms with Gasteiger partial charge in [0, 0.05) is 27.7 Å². The molecule has 0 amide bonds. The van der Waals surface area contributed by atoms with Gasteiger partial charge in [-0.15, -0.1) is 0 Å². The van der Waals surface area contributed by atoms with Gasteiger partial charge in [-0.3, -0.25) is 4.79 Å². The third-order valence-corrected chi connectivity index (χ3v) is 4.87. The normalized spacial score (nSPS) is 12.6. The number of ether oxygens (including phenoxy) is 2. The fourth-order valence-electron chi connectivity index (χ4n) is 1.92. The van der Waals surface area contributed by atoms with Crippen LogP contribution < -0.4 is 0 Å². The molecule has 0 radical (unpaired) electrons. The minimum Gasteiger partial charge on any atom is -0.457 e. The van der Waals surface area contributed by atoms with Crippen molar-refractivity contribution in [2.75, 3.05) is 6.61 Å². The van der Waals surface area contributed by atoms with E-state index < -0.39 is 19.6 Å². The van der Waals surface area contributed by atoms with Crippen molar-refractivity contribution in [2.24, 2.45) is 0 Å². The molecule has 1 heterocycles. The number of nitrogens with zero attached hydrogens (tertiary/aromatic N) is 2. The third-order valence-electron chi connectivity index (χ3n) is 3.17. The summed E-state index contributed by atoms with van der Waals surface area (Å²) < 4.78 is 12.4. The van der Waals surface area contributed by atoms with Crippen LogP contribution in [0.4, 0.5) is 0 Å². The average Bonchev–Trinajstić information content (AvgIpc) is 2.82. The lowest BCUT2D eigenvalue weighted by Crippen LogP contribution is -2.22. The standard InChI is InChI=1S/C18H30N2O4Si/c1-14(21)16-12-15(8-9-17(22)24-18(2,3)4)19-20(16)13-23-10-11-25(5,6)7/h8-9,12H,10-11,13H2,1-7H3/b9-8+. The lowest BCUT2D eigenvalue weighted by atomic mass is 10.2. The predicted octanol–water partition coefficient (Wildman–Crippen LogP) is 3.75. The van der Waals surface area contributed by atoms with Crippen molar-refractivity contribution in [2.45, 2.75) is 65.7 Å². The van der Waals surface area contributed by atoms with E-state index in [-0.39, 0.29) is 12.5 Å². The molecule has 0 bridgehead atoms. The van der Waals surface area contributed by atoms with Gasteiger partial charge < -0.3 is 9.47 Å². The van der Waals surface area contributed by atoms with Crippen molar-refractivity contribution in [3.63, 3.8) is 0 Å². The van der Waals surface area contributed by atoms with Gasteiger partial charge in [0.15, 0.2) is 5.78 Å². The van der Waals surface area contributed by atoms with Crippen molar-refractivity contribution < 1.29 is 19.1 Å². The molecule has 25 heavy (non-hydrogen) atoms. The molecule has 0 saturated heterocycles. The molecule has 1 rings (SSSR count). The van der Waals surface area contributed by atoms with Gasteiger partial charge in [-0.2, -0.15) is 5.10 Å². The molecule has 0 aromatic carbocycles. The van der Waals surface area contributed by atoms with Crippen molar-refractivity contribution >= 4 is 25.9 Å². The summed E-state index contributed by atoms with van der Waals surface area (Å²) in [4.78, 5) is 23.5. The molecule has 0 saturated carbocycles. The number of hydrogen-bond acceptors (Lipinski definition) is 5. The summed E-state index contributed by atoms with van der Waals surface area (Å²) in [6, 6.07) is 2.69. The van der Waals surface area contributed by atoms with Crippen molar-refractivity contribution in [1.82, 2.24) is 9.78 Å². The first-order valence-electron chi connectivity index (χ1n) is 8.45. The zero-order chi connectivity index (χ0) is 19.3. The number of carbonyl (C=O) groups excluding carboxylic acids is 2. The highest BCUT2D eigenvalue weighted by molar-refractivity contribution is 6.76. The highest BCUT2D eigenvalue weighted by Gasteiger charge is 2.16. The van der Waals surface area contributed by atoms with Crippen LogP contribution in [0.5, 0.6) is 0 Å². The summed E-state index contributed by atoms with van der Waals surface area (Å²) in [5.41, 5.74) is 0.428. The fraction of sp³-hybridized carbons (Fsp3) is 0.611. The maximum atomic E-state index is 11.8. The van der Waals surface area contributed by atoms with E-state index in [4.69, 9.17) is 9.47 Å². The molecule has 1 aromatic heterocycles. The van der Waals surface area contributed by atoms with Crippen LogP contribution in [0, 0.1) is 0 Å². The Labute approximate surface area is 151 Å². The number of aromatic nitrogens is 2. The number of ketones is 1. The maximum Gasteiger partial charge on any atom is 0.331 e. The van der Waals surface area contributed by atoms with Gasteiger partial charge in [0.05, 0.1) is 5.69 Å². The first-order valence-corrected chi connectivity index (χ1v) is 12.2. The van der Waals surface area contributed by atoms with Gasteiger partial charge in [-0.25, -0.2) is 9.48 Å². The van der Waals surface area contributed by atoms with Gasteiger partial charge >= 0.3 is 5.97 Å². The van der Waals surface area contributed by atoms with Crippen molar-refractivity contribution in [3.8, 4) is 0 Å². The maximum absolute atomic E-state index is 11.8. The Hall–Kier alpha value is -1.73. The Morgan fingerprint density at radius 2 is 1.92 bits per heavy atom. The number of carbonyl (C=O) groups is 2. The molecule has 7 heteroatoms. The smallest absolute Gasteiger partial charge is 0.331 e. The van der Waals surface area contributed by atoms with Crippen LogP contribution in [-0.4, -0.2) is 41.8 Å². The van der Waals surface area contributed by atoms with Crippen molar-refractivity contribution in [3.05, 3.63) is 23.5 Å². The largest absolute Gasteiger partial charge is 0.457 e. The van der Waals surface area contributed by atoms with E-state index in [1.165, 1.54) is 17.7 Å². The average molecular weight is 367 g/mol. The first kappa shape index (κ1) is 21.3. The van der Waals surface area contributed by atoms with E-state index in [9.17, 15) is 9.59 Å². The Bertz CT molecular complexity index is 636. The van der Waals surface area contributed by atoms with Gasteiger partial charge in [0.25, 0.3) is 0 Å². The summed E-state index contributed by atoms with van der Waals surface area (Å²) in [6.45, 7) is 14.6. The van der Waals surface area contributed by atoms with E-state index >= 15 is 0 Å². The van der Waals surface area contributed by atoms with Crippen LogP contribution in [-0.2, 0) is 21.0 Å². The van der Waals surface area contributed by atoms with E-state index in [2.05, 4.69) is 24.7 Å². The number of hydrogen-bond donors (Lipinski definition) is 0. The van der Waals surface area contributed by atoms with Gasteiger partial charge in [-0.05, 0) is 39.0 Å². The quantitative estimate of drug-likeness (QED) is 0.230. The Morgan fingerprint density at radius 3 is 2.44 bits per heavy atom. The molecule has 0 aliphatic carbocycles. The minimum atomic E-state index is -1.15. The highest BCUT2D eigenvalue weighted by atomic mass is 28.3. The van der Waals surface area contributed by atoms with Gasteiger partial charge in [-0.1, -0.05) is 19.6 Å². The zero-order valence-corrected chi connectivity index (χ0v) is 17.4. The molecule has 0 aliphatic heterocycles. The molecule has 1 aromatic rings. The van der Waals surface area contributed by atoms with Crippen LogP contribution >= 0.6 is 0 Å². The van der Waals surface area contributed by atoms with E-state index in [0.29, 0.717) is 18.0 Å². The Balaban J connectivity index is 2.74. The van der Waals surface area contributed by atoms with Gasteiger partial charge in [0.1, 0.15) is 18.0 Å². The van der Waals surface area contributed by atoms with Crippen LogP contribution in [0.2, 0.25) is 25.7 Å². The molecule has 0 atom stereocenters. The number of esters is 1. The zero-order valence-electron chi connectivity index (χ0n) is 16.4. The molecule has 140 valence electrons. The molecular weight excluding hydrogens is 336 g/mol. The molecule has 0 N–H and O–H groups in total. The lowest BCUT2D eigenvalue weighted by molar-refractivity contribution is -0.148. The topological polar surface area (TPSA) is 70.4 Å². The lowest BCUT2D eigenvalue weighted by Gasteiger charge is -2.17. The molecule has 0 spiro atoms. The Kier molecular flexibility index (Phi) is 7.31. The summed E-state index contributed by atoms with van der Waals surface area (Å²) in [6.07, 6.45) is 2.85. The van der Waals surface area contributed by atoms with Crippen LogP contribution in [0.1, 0.15) is 43.9 Å². The number of Topliss-reactive ketones (excluding diaryl/α,β-unsaturated/α-hetero) is 1. The molecule has 0 unspecified atom stereocenters. The van der Waals surface area contributed by atoms with Crippen LogP contribution in [0.3, 0.4) is 0 Å². The number of rotatable bonds is 8. The summed E-state index contributed by atoms with van der Waals surface area (Å²) in [5, 5.41) is 4.32. The van der Waals surface area contributed by atoms with Gasteiger partial charge in [0.2, 0.25) is 0 Å². The van der Waals surface area contributed by atoms with Crippen molar-refractivity contribution in [1.29, 1.82) is 0 Å². The van der Waals surface area contributed by atoms with E-state index in [1.54, 1.807) is 32.9 Å². The van der Waals surface area contributed by atoms with Crippen LogP contribution in [0.25, 0.3) is 6.08 Å². The summed E-state index contributed by atoms with van der Waals surface area (Å²) in [5.74, 6) is -0.545. The fourth-order valence-corrected chi connectivity index (χ4v) is 2.68.